The summed E-state index contributed by atoms with van der Waals surface area (Å²) in [6.07, 6.45) is 2.19. The van der Waals surface area contributed by atoms with Crippen LogP contribution in [0.25, 0.3) is 0 Å². The largest absolute Gasteiger partial charge is 0.486 e. The summed E-state index contributed by atoms with van der Waals surface area (Å²) in [5, 5.41) is 0. The van der Waals surface area contributed by atoms with E-state index < -0.39 is 0 Å². The van der Waals surface area contributed by atoms with Crippen LogP contribution in [0.4, 0.5) is 4.39 Å². The SMILES string of the molecule is O=C1CC2(CCSCC2)Oc2cc(F)ccc21. The second-order valence-corrected chi connectivity index (χ2v) is 5.86. The fourth-order valence-corrected chi connectivity index (χ4v) is 3.73. The number of carbonyl (C=O) groups is 1. The number of rotatable bonds is 0. The van der Waals surface area contributed by atoms with Crippen LogP contribution in [0.15, 0.2) is 18.2 Å². The van der Waals surface area contributed by atoms with Crippen molar-refractivity contribution in [3.63, 3.8) is 0 Å². The topological polar surface area (TPSA) is 26.3 Å². The van der Waals surface area contributed by atoms with Gasteiger partial charge in [-0.25, -0.2) is 4.39 Å². The van der Waals surface area contributed by atoms with Crippen molar-refractivity contribution in [2.24, 2.45) is 0 Å². The molecule has 4 heteroatoms. The first-order valence-corrected chi connectivity index (χ1v) is 6.94. The predicted molar refractivity (Wildman–Crippen MR) is 65.3 cm³/mol. The maximum absolute atomic E-state index is 13.2. The molecule has 0 unspecified atom stereocenters. The van der Waals surface area contributed by atoms with Crippen LogP contribution in [0.1, 0.15) is 29.6 Å². The Balaban J connectivity index is 1.98. The average Bonchev–Trinajstić information content (AvgIpc) is 2.29. The Bertz CT molecular complexity index is 466. The van der Waals surface area contributed by atoms with E-state index in [-0.39, 0.29) is 17.2 Å². The number of halogens is 1. The zero-order valence-corrected chi connectivity index (χ0v) is 10.2. The molecule has 1 saturated heterocycles. The minimum Gasteiger partial charge on any atom is -0.486 e. The minimum absolute atomic E-state index is 0.0816. The van der Waals surface area contributed by atoms with Gasteiger partial charge in [0, 0.05) is 6.07 Å². The van der Waals surface area contributed by atoms with Gasteiger partial charge in [-0.05, 0) is 36.5 Å². The highest BCUT2D eigenvalue weighted by Crippen LogP contribution is 2.41. The smallest absolute Gasteiger partial charge is 0.170 e. The Labute approximate surface area is 104 Å². The summed E-state index contributed by atoms with van der Waals surface area (Å²) in [4.78, 5) is 12.1. The second kappa shape index (κ2) is 4.02. The Kier molecular flexibility index (Phi) is 2.62. The summed E-state index contributed by atoms with van der Waals surface area (Å²) in [6.45, 7) is 0. The summed E-state index contributed by atoms with van der Waals surface area (Å²) in [5.41, 5.74) is 0.151. The molecular formula is C13H13FO2S. The molecule has 2 heterocycles. The fraction of sp³-hybridized carbons (Fsp3) is 0.462. The lowest BCUT2D eigenvalue weighted by molar-refractivity contribution is 0.0345. The molecule has 2 aliphatic rings. The van der Waals surface area contributed by atoms with E-state index in [4.69, 9.17) is 4.74 Å². The van der Waals surface area contributed by atoms with Crippen LogP contribution >= 0.6 is 11.8 Å². The van der Waals surface area contributed by atoms with Gasteiger partial charge in [0.1, 0.15) is 17.2 Å². The number of hydrogen-bond donors (Lipinski definition) is 0. The molecule has 0 aliphatic carbocycles. The van der Waals surface area contributed by atoms with Crippen LogP contribution in [-0.2, 0) is 0 Å². The van der Waals surface area contributed by atoms with E-state index in [0.717, 1.165) is 24.3 Å². The fourth-order valence-electron chi connectivity index (χ4n) is 2.49. The van der Waals surface area contributed by atoms with E-state index in [0.29, 0.717) is 17.7 Å². The van der Waals surface area contributed by atoms with Crippen LogP contribution in [0.2, 0.25) is 0 Å². The number of fused-ring (bicyclic) bond motifs is 1. The van der Waals surface area contributed by atoms with Gasteiger partial charge in [0.2, 0.25) is 0 Å². The Morgan fingerprint density at radius 1 is 1.29 bits per heavy atom. The molecule has 2 aliphatic heterocycles. The maximum atomic E-state index is 13.2. The molecule has 0 aromatic heterocycles. The zero-order chi connectivity index (χ0) is 11.9. The van der Waals surface area contributed by atoms with Gasteiger partial charge in [-0.2, -0.15) is 11.8 Å². The molecule has 0 atom stereocenters. The zero-order valence-electron chi connectivity index (χ0n) is 9.37. The van der Waals surface area contributed by atoms with Crippen LogP contribution in [-0.4, -0.2) is 22.9 Å². The first-order chi connectivity index (χ1) is 8.19. The van der Waals surface area contributed by atoms with Crippen molar-refractivity contribution < 1.29 is 13.9 Å². The Hall–Kier alpha value is -1.03. The van der Waals surface area contributed by atoms with Crippen LogP contribution < -0.4 is 4.74 Å². The normalized spacial score (nSPS) is 22.1. The Morgan fingerprint density at radius 2 is 2.06 bits per heavy atom. The molecule has 90 valence electrons. The summed E-state index contributed by atoms with van der Waals surface area (Å²) in [6, 6.07) is 4.17. The van der Waals surface area contributed by atoms with Crippen molar-refractivity contribution in [1.82, 2.24) is 0 Å². The molecule has 2 nitrogen and oxygen atoms in total. The number of Topliss-reactive ketones (excluding diaryl/α,β-unsaturated/α-hetero) is 1. The van der Waals surface area contributed by atoms with E-state index in [1.54, 1.807) is 0 Å². The average molecular weight is 252 g/mol. The molecule has 0 radical (unpaired) electrons. The highest BCUT2D eigenvalue weighted by molar-refractivity contribution is 7.99. The minimum atomic E-state index is -0.372. The first kappa shape index (κ1) is 11.1. The molecule has 0 bridgehead atoms. The van der Waals surface area contributed by atoms with Gasteiger partial charge >= 0.3 is 0 Å². The first-order valence-electron chi connectivity index (χ1n) is 5.78. The van der Waals surface area contributed by atoms with Gasteiger partial charge < -0.3 is 4.74 Å². The highest BCUT2D eigenvalue weighted by atomic mass is 32.2. The van der Waals surface area contributed by atoms with Gasteiger partial charge in [0.15, 0.2) is 5.78 Å². The van der Waals surface area contributed by atoms with Gasteiger partial charge in [0.05, 0.1) is 12.0 Å². The molecule has 3 rings (SSSR count). The van der Waals surface area contributed by atoms with Gasteiger partial charge in [-0.1, -0.05) is 0 Å². The van der Waals surface area contributed by atoms with Gasteiger partial charge in [-0.15, -0.1) is 0 Å². The summed E-state index contributed by atoms with van der Waals surface area (Å²) in [7, 11) is 0. The lowest BCUT2D eigenvalue weighted by atomic mass is 9.85. The number of hydrogen-bond acceptors (Lipinski definition) is 3. The van der Waals surface area contributed by atoms with Crippen LogP contribution in [0, 0.1) is 5.82 Å². The van der Waals surface area contributed by atoms with Crippen molar-refractivity contribution in [3.8, 4) is 5.75 Å². The third-order valence-corrected chi connectivity index (χ3v) is 4.44. The lowest BCUT2D eigenvalue weighted by Crippen LogP contribution is -2.44. The molecule has 0 amide bonds. The number of ketones is 1. The molecular weight excluding hydrogens is 239 g/mol. The van der Waals surface area contributed by atoms with E-state index in [2.05, 4.69) is 0 Å². The molecule has 0 saturated carbocycles. The van der Waals surface area contributed by atoms with Gasteiger partial charge in [0.25, 0.3) is 0 Å². The lowest BCUT2D eigenvalue weighted by Gasteiger charge is -2.40. The summed E-state index contributed by atoms with van der Waals surface area (Å²) >= 11 is 1.88. The van der Waals surface area contributed by atoms with E-state index in [9.17, 15) is 9.18 Å². The third kappa shape index (κ3) is 1.95. The van der Waals surface area contributed by atoms with Crippen molar-refractivity contribution in [2.75, 3.05) is 11.5 Å². The predicted octanol–water partition coefficient (Wildman–Crippen LogP) is 3.06. The summed E-state index contributed by atoms with van der Waals surface area (Å²) in [5.74, 6) is 2.18. The Morgan fingerprint density at radius 3 is 2.82 bits per heavy atom. The van der Waals surface area contributed by atoms with Crippen molar-refractivity contribution in [2.45, 2.75) is 24.9 Å². The monoisotopic (exact) mass is 252 g/mol. The number of thioether (sulfide) groups is 1. The molecule has 1 aromatic rings. The standard InChI is InChI=1S/C13H13FO2S/c14-9-1-2-10-11(15)8-13(16-12(10)7-9)3-5-17-6-4-13/h1-2,7H,3-6,8H2. The second-order valence-electron chi connectivity index (χ2n) is 4.64. The van der Waals surface area contributed by atoms with Crippen molar-refractivity contribution in [1.29, 1.82) is 0 Å². The quantitative estimate of drug-likeness (QED) is 0.710. The molecule has 1 fully saturated rings. The third-order valence-electron chi connectivity index (χ3n) is 3.46. The van der Waals surface area contributed by atoms with Crippen molar-refractivity contribution in [3.05, 3.63) is 29.6 Å². The van der Waals surface area contributed by atoms with E-state index in [1.807, 2.05) is 11.8 Å². The molecule has 17 heavy (non-hydrogen) atoms. The molecule has 0 N–H and O–H groups in total. The van der Waals surface area contributed by atoms with Crippen molar-refractivity contribution >= 4 is 17.5 Å². The maximum Gasteiger partial charge on any atom is 0.170 e. The van der Waals surface area contributed by atoms with Crippen LogP contribution in [0.5, 0.6) is 5.75 Å². The number of ether oxygens (including phenoxy) is 1. The molecule has 1 spiro atoms. The number of carbonyl (C=O) groups excluding carboxylic acids is 1. The van der Waals surface area contributed by atoms with E-state index >= 15 is 0 Å². The number of benzene rings is 1. The molecule has 1 aromatic carbocycles. The summed E-state index contributed by atoms with van der Waals surface area (Å²) < 4.78 is 19.1. The van der Waals surface area contributed by atoms with Gasteiger partial charge in [-0.3, -0.25) is 4.79 Å². The highest BCUT2D eigenvalue weighted by Gasteiger charge is 2.41. The van der Waals surface area contributed by atoms with E-state index in [1.165, 1.54) is 18.2 Å². The van der Waals surface area contributed by atoms with Crippen LogP contribution in [0.3, 0.4) is 0 Å².